The largest absolute Gasteiger partial charge is 0.354 e. The molecule has 6 nitrogen and oxygen atoms in total. The van der Waals surface area contributed by atoms with Gasteiger partial charge < -0.3 is 10.6 Å². The normalized spacial score (nSPS) is 22.4. The number of hydrogen-bond donors (Lipinski definition) is 2. The van der Waals surface area contributed by atoms with Gasteiger partial charge in [-0.1, -0.05) is 39.7 Å². The second-order valence-electron chi connectivity index (χ2n) is 7.16. The minimum atomic E-state index is -1.17. The third-order valence-corrected chi connectivity index (χ3v) is 5.63. The van der Waals surface area contributed by atoms with Gasteiger partial charge in [0.2, 0.25) is 5.91 Å². The number of benzene rings is 1. The summed E-state index contributed by atoms with van der Waals surface area (Å²) in [6.07, 6.45) is 7.71. The molecule has 1 fully saturated rings. The summed E-state index contributed by atoms with van der Waals surface area (Å²) in [5.41, 5.74) is 0.870. The Morgan fingerprint density at radius 3 is 2.85 bits per heavy atom. The number of allylic oxidation sites excluding steroid dienone is 1. The van der Waals surface area contributed by atoms with E-state index in [9.17, 15) is 14.4 Å². The number of nitrogens with one attached hydrogen (secondary N) is 2. The lowest BCUT2D eigenvalue weighted by Gasteiger charge is -2.22. The van der Waals surface area contributed by atoms with Crippen LogP contribution in [0.15, 0.2) is 40.4 Å². The fourth-order valence-corrected chi connectivity index (χ4v) is 3.93. The van der Waals surface area contributed by atoms with E-state index in [1.165, 1.54) is 18.4 Å². The van der Waals surface area contributed by atoms with E-state index in [2.05, 4.69) is 32.6 Å². The maximum atomic E-state index is 12.8. The van der Waals surface area contributed by atoms with Crippen LogP contribution in [0.5, 0.6) is 0 Å². The first kappa shape index (κ1) is 19.6. The SMILES string of the molecule is C[C@]1(c2cccc(Br)c2)NC(=O)N(CC(=O)NCCC2=CCCCC2)C1=O. The fourth-order valence-electron chi connectivity index (χ4n) is 3.53. The molecule has 1 aliphatic carbocycles. The van der Waals surface area contributed by atoms with Crippen LogP contribution in [0.4, 0.5) is 4.79 Å². The Bertz CT molecular complexity index is 792. The monoisotopic (exact) mass is 433 g/mol. The number of hydrogen-bond acceptors (Lipinski definition) is 3. The number of carbonyl (C=O) groups excluding carboxylic acids is 3. The molecule has 1 aromatic carbocycles. The molecule has 2 N–H and O–H groups in total. The quantitative estimate of drug-likeness (QED) is 0.533. The van der Waals surface area contributed by atoms with Crippen LogP contribution >= 0.6 is 15.9 Å². The van der Waals surface area contributed by atoms with Crippen molar-refractivity contribution in [1.82, 2.24) is 15.5 Å². The Kier molecular flexibility index (Phi) is 5.99. The highest BCUT2D eigenvalue weighted by atomic mass is 79.9. The van der Waals surface area contributed by atoms with Gasteiger partial charge in [0.05, 0.1) is 0 Å². The molecule has 0 bridgehead atoms. The predicted octanol–water partition coefficient (Wildman–Crippen LogP) is 3.22. The summed E-state index contributed by atoms with van der Waals surface area (Å²) in [6.45, 7) is 1.91. The van der Waals surface area contributed by atoms with E-state index in [1.54, 1.807) is 25.1 Å². The van der Waals surface area contributed by atoms with E-state index in [-0.39, 0.29) is 12.5 Å². The topological polar surface area (TPSA) is 78.5 Å². The van der Waals surface area contributed by atoms with Crippen LogP contribution in [0.2, 0.25) is 0 Å². The summed E-state index contributed by atoms with van der Waals surface area (Å²) in [4.78, 5) is 38.4. The maximum absolute atomic E-state index is 12.8. The minimum absolute atomic E-state index is 0.271. The number of amides is 4. The van der Waals surface area contributed by atoms with Crippen LogP contribution in [-0.2, 0) is 15.1 Å². The summed E-state index contributed by atoms with van der Waals surface area (Å²) in [7, 11) is 0. The Labute approximate surface area is 167 Å². The van der Waals surface area contributed by atoms with Crippen LogP contribution in [0.1, 0.15) is 44.6 Å². The highest BCUT2D eigenvalue weighted by molar-refractivity contribution is 9.10. The molecule has 0 saturated carbocycles. The van der Waals surface area contributed by atoms with Gasteiger partial charge in [-0.15, -0.1) is 0 Å². The smallest absolute Gasteiger partial charge is 0.325 e. The number of urea groups is 1. The Morgan fingerprint density at radius 2 is 2.15 bits per heavy atom. The third kappa shape index (κ3) is 4.40. The van der Waals surface area contributed by atoms with E-state index in [1.807, 2.05) is 6.07 Å². The fraction of sp³-hybridized carbons (Fsp3) is 0.450. The van der Waals surface area contributed by atoms with Crippen LogP contribution in [0.3, 0.4) is 0 Å². The first-order valence-corrected chi connectivity index (χ1v) is 10.0. The lowest BCUT2D eigenvalue weighted by atomic mass is 9.92. The molecule has 0 aromatic heterocycles. The summed E-state index contributed by atoms with van der Waals surface area (Å²) in [6, 6.07) is 6.68. The van der Waals surface area contributed by atoms with E-state index >= 15 is 0 Å². The van der Waals surface area contributed by atoms with E-state index < -0.39 is 17.5 Å². The van der Waals surface area contributed by atoms with Crippen molar-refractivity contribution in [3.05, 3.63) is 46.0 Å². The van der Waals surface area contributed by atoms with Crippen LogP contribution in [-0.4, -0.2) is 35.8 Å². The second kappa shape index (κ2) is 8.25. The zero-order chi connectivity index (χ0) is 19.4. The second-order valence-corrected chi connectivity index (χ2v) is 8.08. The molecule has 1 heterocycles. The molecule has 7 heteroatoms. The molecule has 2 aliphatic rings. The molecule has 4 amide bonds. The standard InChI is InChI=1S/C20H24BrN3O3/c1-20(15-8-5-9-16(21)12-15)18(26)24(19(27)23-20)13-17(25)22-11-10-14-6-3-2-4-7-14/h5-6,8-9,12H,2-4,7,10-11,13H2,1H3,(H,22,25)(H,23,27)/t20-/m1/s1. The first-order valence-electron chi connectivity index (χ1n) is 9.25. The molecule has 3 rings (SSSR count). The van der Waals surface area contributed by atoms with Gasteiger partial charge in [-0.2, -0.15) is 0 Å². The molecular weight excluding hydrogens is 410 g/mol. The van der Waals surface area contributed by atoms with Gasteiger partial charge in [-0.05, 0) is 56.7 Å². The summed E-state index contributed by atoms with van der Waals surface area (Å²) < 4.78 is 0.816. The van der Waals surface area contributed by atoms with E-state index in [4.69, 9.17) is 0 Å². The third-order valence-electron chi connectivity index (χ3n) is 5.13. The van der Waals surface area contributed by atoms with Gasteiger partial charge in [-0.3, -0.25) is 14.5 Å². The zero-order valence-electron chi connectivity index (χ0n) is 15.4. The van der Waals surface area contributed by atoms with Crippen molar-refractivity contribution in [3.63, 3.8) is 0 Å². The number of rotatable bonds is 6. The predicted molar refractivity (Wildman–Crippen MR) is 106 cm³/mol. The summed E-state index contributed by atoms with van der Waals surface area (Å²) in [5, 5.41) is 5.53. The molecular formula is C20H24BrN3O3. The van der Waals surface area contributed by atoms with Crippen molar-refractivity contribution in [2.45, 2.75) is 44.6 Å². The Morgan fingerprint density at radius 1 is 1.33 bits per heavy atom. The van der Waals surface area contributed by atoms with Crippen molar-refractivity contribution in [2.75, 3.05) is 13.1 Å². The van der Waals surface area contributed by atoms with Crippen molar-refractivity contribution in [2.24, 2.45) is 0 Å². The van der Waals surface area contributed by atoms with Gasteiger partial charge in [0.15, 0.2) is 0 Å². The van der Waals surface area contributed by atoms with Gasteiger partial charge in [0, 0.05) is 11.0 Å². The molecule has 27 heavy (non-hydrogen) atoms. The lowest BCUT2D eigenvalue weighted by Crippen LogP contribution is -2.43. The minimum Gasteiger partial charge on any atom is -0.354 e. The summed E-state index contributed by atoms with van der Waals surface area (Å²) in [5.74, 6) is -0.746. The van der Waals surface area contributed by atoms with Gasteiger partial charge in [0.1, 0.15) is 12.1 Å². The zero-order valence-corrected chi connectivity index (χ0v) is 17.0. The number of carbonyl (C=O) groups is 3. The molecule has 1 aromatic rings. The average Bonchev–Trinajstić information content (AvgIpc) is 2.87. The molecule has 1 atom stereocenters. The van der Waals surface area contributed by atoms with Gasteiger partial charge in [-0.25, -0.2) is 4.79 Å². The Hall–Kier alpha value is -2.15. The Balaban J connectivity index is 1.58. The molecule has 0 spiro atoms. The highest BCUT2D eigenvalue weighted by Gasteiger charge is 2.49. The lowest BCUT2D eigenvalue weighted by molar-refractivity contribution is -0.134. The average molecular weight is 434 g/mol. The number of halogens is 1. The van der Waals surface area contributed by atoms with Gasteiger partial charge >= 0.3 is 6.03 Å². The maximum Gasteiger partial charge on any atom is 0.325 e. The van der Waals surface area contributed by atoms with Crippen LogP contribution < -0.4 is 10.6 Å². The van der Waals surface area contributed by atoms with Crippen molar-refractivity contribution < 1.29 is 14.4 Å². The van der Waals surface area contributed by atoms with Crippen LogP contribution in [0, 0.1) is 0 Å². The van der Waals surface area contributed by atoms with Crippen LogP contribution in [0.25, 0.3) is 0 Å². The van der Waals surface area contributed by atoms with E-state index in [0.717, 1.165) is 28.6 Å². The summed E-state index contributed by atoms with van der Waals surface area (Å²) >= 11 is 3.38. The molecule has 1 saturated heterocycles. The number of nitrogens with zero attached hydrogens (tertiary/aromatic N) is 1. The van der Waals surface area contributed by atoms with E-state index in [0.29, 0.717) is 12.1 Å². The van der Waals surface area contributed by atoms with Crippen molar-refractivity contribution in [1.29, 1.82) is 0 Å². The first-order chi connectivity index (χ1) is 12.9. The molecule has 0 unspecified atom stereocenters. The van der Waals surface area contributed by atoms with Gasteiger partial charge in [0.25, 0.3) is 5.91 Å². The molecule has 1 aliphatic heterocycles. The van der Waals surface area contributed by atoms with Crippen molar-refractivity contribution >= 4 is 33.8 Å². The molecule has 144 valence electrons. The highest BCUT2D eigenvalue weighted by Crippen LogP contribution is 2.30. The number of imide groups is 1. The molecule has 0 radical (unpaired) electrons. The van der Waals surface area contributed by atoms with Crippen molar-refractivity contribution in [3.8, 4) is 0 Å².